The summed E-state index contributed by atoms with van der Waals surface area (Å²) in [6.45, 7) is 0. The number of fused-ring (bicyclic) bond motifs is 6. The van der Waals surface area contributed by atoms with Crippen LogP contribution in [-0.4, -0.2) is 30.2 Å². The minimum Gasteiger partial charge on any atom is -0.340 e. The first-order valence-electron chi connectivity index (χ1n) is 11.3. The van der Waals surface area contributed by atoms with Crippen LogP contribution in [0.2, 0.25) is 0 Å². The molecule has 0 aromatic carbocycles. The molecule has 0 saturated heterocycles. The Kier molecular flexibility index (Phi) is 2.80. The molecule has 1 heterocycles. The summed E-state index contributed by atoms with van der Waals surface area (Å²) in [7, 11) is 1.80. The summed E-state index contributed by atoms with van der Waals surface area (Å²) >= 11 is 0. The maximum absolute atomic E-state index is 12.9. The first kappa shape index (κ1) is 15.0. The standard InChI is InChI=1S/C22H31N3O/c1-23-22(26)25-21-15-9-5-11-3-7-13(17(11)15)19(21)18-12-6-2-10-4-8-14(16(10)12)20(18)24-25/h10-17,20-21,24H,2-9H2,1H3,(H,23,26)/t10-,11+,12+,13-,14-,15+,16-,17+,20-,21+/m0/s1. The zero-order valence-corrected chi connectivity index (χ0v) is 15.8. The van der Waals surface area contributed by atoms with Gasteiger partial charge >= 0.3 is 6.03 Å². The van der Waals surface area contributed by atoms with Gasteiger partial charge in [-0.05, 0) is 110 Å². The average Bonchev–Trinajstić information content (AvgIpc) is 3.43. The minimum absolute atomic E-state index is 0.0987. The molecule has 4 heteroatoms. The van der Waals surface area contributed by atoms with Gasteiger partial charge in [0.05, 0.1) is 12.1 Å². The van der Waals surface area contributed by atoms with E-state index in [0.29, 0.717) is 12.1 Å². The Morgan fingerprint density at radius 3 is 2.23 bits per heavy atom. The van der Waals surface area contributed by atoms with E-state index in [1.54, 1.807) is 12.6 Å². The third-order valence-corrected chi connectivity index (χ3v) is 10.1. The Morgan fingerprint density at radius 1 is 0.885 bits per heavy atom. The number of amides is 2. The lowest BCUT2D eigenvalue weighted by molar-refractivity contribution is 0.0984. The fourth-order valence-electron chi connectivity index (χ4n) is 9.59. The molecule has 7 aliphatic rings. The average molecular weight is 354 g/mol. The lowest BCUT2D eigenvalue weighted by atomic mass is 9.83. The molecule has 0 aromatic heterocycles. The van der Waals surface area contributed by atoms with Crippen LogP contribution in [0.4, 0.5) is 4.79 Å². The molecular formula is C22H31N3O. The Labute approximate surface area is 156 Å². The molecule has 10 atom stereocenters. The van der Waals surface area contributed by atoms with Gasteiger partial charge < -0.3 is 5.32 Å². The van der Waals surface area contributed by atoms with Gasteiger partial charge in [0.2, 0.25) is 0 Å². The Balaban J connectivity index is 1.42. The van der Waals surface area contributed by atoms with Crippen molar-refractivity contribution in [1.82, 2.24) is 15.8 Å². The molecule has 0 unspecified atom stereocenters. The zero-order chi connectivity index (χ0) is 17.2. The maximum Gasteiger partial charge on any atom is 0.332 e. The second kappa shape index (κ2) is 4.87. The van der Waals surface area contributed by atoms with Crippen LogP contribution in [0.1, 0.15) is 51.4 Å². The van der Waals surface area contributed by atoms with Crippen LogP contribution in [0, 0.1) is 47.3 Å². The zero-order valence-electron chi connectivity index (χ0n) is 15.8. The predicted molar refractivity (Wildman–Crippen MR) is 98.9 cm³/mol. The van der Waals surface area contributed by atoms with E-state index >= 15 is 0 Å². The van der Waals surface area contributed by atoms with Gasteiger partial charge in [-0.25, -0.2) is 10.2 Å². The number of hydrogen-bond acceptors (Lipinski definition) is 2. The van der Waals surface area contributed by atoms with Crippen LogP contribution >= 0.6 is 0 Å². The molecule has 0 radical (unpaired) electrons. The Hall–Kier alpha value is -1.03. The highest BCUT2D eigenvalue weighted by Gasteiger charge is 2.65. The monoisotopic (exact) mass is 353 g/mol. The van der Waals surface area contributed by atoms with Crippen molar-refractivity contribution in [3.8, 4) is 0 Å². The second-order valence-corrected chi connectivity index (χ2v) is 10.4. The van der Waals surface area contributed by atoms with Gasteiger partial charge in [0.1, 0.15) is 0 Å². The van der Waals surface area contributed by atoms with E-state index in [9.17, 15) is 4.79 Å². The summed E-state index contributed by atoms with van der Waals surface area (Å²) in [6, 6.07) is 0.928. The van der Waals surface area contributed by atoms with Gasteiger partial charge in [-0.15, -0.1) is 0 Å². The van der Waals surface area contributed by atoms with Gasteiger partial charge in [-0.2, -0.15) is 0 Å². The number of urea groups is 1. The van der Waals surface area contributed by atoms with Crippen molar-refractivity contribution in [1.29, 1.82) is 0 Å². The van der Waals surface area contributed by atoms with E-state index in [1.165, 1.54) is 51.4 Å². The van der Waals surface area contributed by atoms with Crippen molar-refractivity contribution in [3.05, 3.63) is 11.1 Å². The molecule has 26 heavy (non-hydrogen) atoms. The van der Waals surface area contributed by atoms with Crippen molar-refractivity contribution < 1.29 is 4.79 Å². The molecule has 140 valence electrons. The molecule has 6 aliphatic carbocycles. The van der Waals surface area contributed by atoms with E-state index in [2.05, 4.69) is 15.8 Å². The van der Waals surface area contributed by atoms with Crippen molar-refractivity contribution in [2.45, 2.75) is 63.5 Å². The van der Waals surface area contributed by atoms with Gasteiger partial charge in [-0.1, -0.05) is 0 Å². The number of carbonyl (C=O) groups excluding carboxylic acids is 1. The number of nitrogens with zero attached hydrogens (tertiary/aromatic N) is 1. The highest BCUT2D eigenvalue weighted by atomic mass is 16.2. The number of hydrogen-bond donors (Lipinski definition) is 2. The van der Waals surface area contributed by atoms with E-state index in [1.807, 2.05) is 5.57 Å². The molecule has 6 fully saturated rings. The first-order chi connectivity index (χ1) is 12.8. The second-order valence-electron chi connectivity index (χ2n) is 10.4. The number of nitrogens with one attached hydrogen (secondary N) is 2. The van der Waals surface area contributed by atoms with Crippen molar-refractivity contribution >= 4 is 6.03 Å². The fraction of sp³-hybridized carbons (Fsp3) is 0.864. The summed E-state index contributed by atoms with van der Waals surface area (Å²) in [6.07, 6.45) is 11.3. The number of carbonyl (C=O) groups is 1. The quantitative estimate of drug-likeness (QED) is 0.656. The molecule has 2 N–H and O–H groups in total. The molecule has 0 aromatic rings. The Bertz CT molecular complexity index is 716. The molecule has 7 rings (SSSR count). The molecule has 6 saturated carbocycles. The SMILES string of the molecule is CNC(=O)N1N[C@@H]2C(=C3[C@H]4CC[C@@H]5CC[C@H]([C@H]54)[C@H]31)[C@@H]1CC[C@H]3CC[C@H]2[C@@H]31. The van der Waals surface area contributed by atoms with Crippen molar-refractivity contribution in [3.63, 3.8) is 0 Å². The lowest BCUT2D eigenvalue weighted by Crippen LogP contribution is -2.61. The summed E-state index contributed by atoms with van der Waals surface area (Å²) in [5.41, 5.74) is 7.46. The molecule has 0 spiro atoms. The highest BCUT2D eigenvalue weighted by molar-refractivity contribution is 5.75. The van der Waals surface area contributed by atoms with Crippen LogP contribution in [-0.2, 0) is 0 Å². The normalized spacial score (nSPS) is 55.2. The summed E-state index contributed by atoms with van der Waals surface area (Å²) < 4.78 is 0. The first-order valence-corrected chi connectivity index (χ1v) is 11.3. The number of rotatable bonds is 0. The van der Waals surface area contributed by atoms with E-state index in [-0.39, 0.29) is 6.03 Å². The molecule has 0 bridgehead atoms. The van der Waals surface area contributed by atoms with Crippen LogP contribution in [0.3, 0.4) is 0 Å². The van der Waals surface area contributed by atoms with E-state index in [0.717, 1.165) is 47.3 Å². The predicted octanol–water partition coefficient (Wildman–Crippen LogP) is 3.31. The van der Waals surface area contributed by atoms with Crippen LogP contribution in [0.25, 0.3) is 0 Å². The van der Waals surface area contributed by atoms with Crippen LogP contribution < -0.4 is 10.7 Å². The van der Waals surface area contributed by atoms with Crippen LogP contribution in [0.15, 0.2) is 11.1 Å². The summed E-state index contributed by atoms with van der Waals surface area (Å²) in [5, 5.41) is 5.03. The molecule has 1 aliphatic heterocycles. The van der Waals surface area contributed by atoms with E-state index in [4.69, 9.17) is 0 Å². The molecule has 4 nitrogen and oxygen atoms in total. The number of hydrazine groups is 1. The van der Waals surface area contributed by atoms with Crippen molar-refractivity contribution in [2.75, 3.05) is 7.05 Å². The largest absolute Gasteiger partial charge is 0.340 e. The fourth-order valence-corrected chi connectivity index (χ4v) is 9.59. The topological polar surface area (TPSA) is 44.4 Å². The van der Waals surface area contributed by atoms with Gasteiger partial charge in [-0.3, -0.25) is 5.01 Å². The van der Waals surface area contributed by atoms with Gasteiger partial charge in [0.15, 0.2) is 0 Å². The Morgan fingerprint density at radius 2 is 1.50 bits per heavy atom. The lowest BCUT2D eigenvalue weighted by Gasteiger charge is -2.43. The van der Waals surface area contributed by atoms with Gasteiger partial charge in [0, 0.05) is 7.05 Å². The minimum atomic E-state index is 0.0987. The highest BCUT2D eigenvalue weighted by Crippen LogP contribution is 2.68. The smallest absolute Gasteiger partial charge is 0.332 e. The van der Waals surface area contributed by atoms with Crippen LogP contribution in [0.5, 0.6) is 0 Å². The van der Waals surface area contributed by atoms with E-state index < -0.39 is 0 Å². The third-order valence-electron chi connectivity index (χ3n) is 10.1. The third kappa shape index (κ3) is 1.54. The molecular weight excluding hydrogens is 322 g/mol. The van der Waals surface area contributed by atoms with Crippen molar-refractivity contribution in [2.24, 2.45) is 47.3 Å². The molecule has 2 amide bonds. The summed E-state index contributed by atoms with van der Waals surface area (Å²) in [5.74, 6) is 6.92. The van der Waals surface area contributed by atoms with Gasteiger partial charge in [0.25, 0.3) is 0 Å². The summed E-state index contributed by atoms with van der Waals surface area (Å²) in [4.78, 5) is 12.9. The maximum atomic E-state index is 12.9.